The highest BCUT2D eigenvalue weighted by atomic mass is 19.4. The molecule has 2 amide bonds. The number of likely N-dealkylation sites (tertiary alicyclic amines) is 1. The molecule has 2 fully saturated rings. The highest BCUT2D eigenvalue weighted by molar-refractivity contribution is 6.06. The van der Waals surface area contributed by atoms with Gasteiger partial charge in [-0.05, 0) is 42.9 Å². The minimum Gasteiger partial charge on any atom is -0.328 e. The smallest absolute Gasteiger partial charge is 0.328 e. The van der Waals surface area contributed by atoms with Gasteiger partial charge in [0.05, 0.1) is 5.52 Å². The molecule has 212 valence electrons. The number of anilines is 1. The van der Waals surface area contributed by atoms with Crippen LogP contribution < -0.4 is 5.32 Å². The van der Waals surface area contributed by atoms with E-state index in [9.17, 15) is 27.6 Å². The monoisotopic (exact) mass is 566 g/mol. The molecule has 1 aliphatic heterocycles. The summed E-state index contributed by atoms with van der Waals surface area (Å²) >= 11 is 0. The second kappa shape index (κ2) is 9.78. The van der Waals surface area contributed by atoms with Gasteiger partial charge in [-0.3, -0.25) is 23.7 Å². The van der Waals surface area contributed by atoms with E-state index in [-0.39, 0.29) is 41.6 Å². The van der Waals surface area contributed by atoms with Gasteiger partial charge in [-0.1, -0.05) is 6.07 Å². The van der Waals surface area contributed by atoms with E-state index < -0.39 is 24.7 Å². The fourth-order valence-corrected chi connectivity index (χ4v) is 5.46. The number of benzene rings is 1. The molecule has 1 N–H and O–H groups in total. The summed E-state index contributed by atoms with van der Waals surface area (Å²) in [5.74, 6) is -0.349. The fourth-order valence-electron chi connectivity index (χ4n) is 5.46. The van der Waals surface area contributed by atoms with Crippen molar-refractivity contribution in [2.45, 2.75) is 45.6 Å². The van der Waals surface area contributed by atoms with E-state index in [0.29, 0.717) is 28.0 Å². The van der Waals surface area contributed by atoms with Crippen LogP contribution in [0.3, 0.4) is 0 Å². The van der Waals surface area contributed by atoms with Crippen molar-refractivity contribution in [2.24, 2.45) is 11.8 Å². The van der Waals surface area contributed by atoms with Gasteiger partial charge in [0.1, 0.15) is 30.6 Å². The van der Waals surface area contributed by atoms with Gasteiger partial charge in [0, 0.05) is 49.1 Å². The number of ketones is 1. The molecule has 1 aromatic carbocycles. The highest BCUT2D eigenvalue weighted by Crippen LogP contribution is 2.50. The van der Waals surface area contributed by atoms with E-state index in [1.807, 2.05) is 12.1 Å². The second-order valence-electron chi connectivity index (χ2n) is 10.5. The zero-order valence-corrected chi connectivity index (χ0v) is 22.1. The molecule has 0 radical (unpaired) electrons. The molecule has 0 unspecified atom stereocenters. The SMILES string of the molecule is CC(=O)c1nn(CC(=O)N2C[C@H]3C[C@H]3[C@H]2C(=O)Nc2ccn(CC(F)(F)F)n2)c2ccc(-c3cnc(C)nc3)cc12. The van der Waals surface area contributed by atoms with Crippen LogP contribution in [0.1, 0.15) is 29.7 Å². The number of fused-ring (bicyclic) bond motifs is 2. The van der Waals surface area contributed by atoms with Crippen molar-refractivity contribution < 1.29 is 27.6 Å². The van der Waals surface area contributed by atoms with Crippen molar-refractivity contribution in [3.63, 3.8) is 0 Å². The summed E-state index contributed by atoms with van der Waals surface area (Å²) in [6.45, 7) is 2.11. The second-order valence-corrected chi connectivity index (χ2v) is 10.5. The Hall–Kier alpha value is -4.62. The van der Waals surface area contributed by atoms with Crippen LogP contribution in [-0.4, -0.2) is 70.8 Å². The first kappa shape index (κ1) is 26.6. The third kappa shape index (κ3) is 5.28. The van der Waals surface area contributed by atoms with E-state index in [4.69, 9.17) is 0 Å². The van der Waals surface area contributed by atoms with E-state index >= 15 is 0 Å². The standard InChI is InChI=1S/C27H25F3N8O3/c1-14(39)24-20-7-16(18-9-31-15(2)32-10-18)3-4-21(20)38(35-24)12-23(40)37-11-17-8-19(17)25(37)26(41)33-22-5-6-36(34-22)13-27(28,29)30/h3-7,9-10,17,19,25H,8,11-13H2,1-2H3,(H,33,34,41)/t17-,19-,25+/m1/s1. The van der Waals surface area contributed by atoms with Gasteiger partial charge in [0.15, 0.2) is 11.6 Å². The number of nitrogens with zero attached hydrogens (tertiary/aromatic N) is 7. The topological polar surface area (TPSA) is 128 Å². The van der Waals surface area contributed by atoms with E-state index in [2.05, 4.69) is 25.5 Å². The van der Waals surface area contributed by atoms with Crippen LogP contribution in [0.5, 0.6) is 0 Å². The summed E-state index contributed by atoms with van der Waals surface area (Å²) in [7, 11) is 0. The zero-order valence-electron chi connectivity index (χ0n) is 22.1. The van der Waals surface area contributed by atoms with Crippen molar-refractivity contribution in [2.75, 3.05) is 11.9 Å². The lowest BCUT2D eigenvalue weighted by atomic mass is 10.0. The van der Waals surface area contributed by atoms with Crippen LogP contribution in [-0.2, 0) is 22.7 Å². The Morgan fingerprint density at radius 2 is 1.83 bits per heavy atom. The fraction of sp³-hybridized carbons (Fsp3) is 0.370. The van der Waals surface area contributed by atoms with Gasteiger partial charge in [0.2, 0.25) is 11.8 Å². The molecule has 4 heterocycles. The highest BCUT2D eigenvalue weighted by Gasteiger charge is 2.56. The number of amides is 2. The van der Waals surface area contributed by atoms with E-state index in [1.165, 1.54) is 22.6 Å². The molecule has 3 atom stereocenters. The summed E-state index contributed by atoms with van der Waals surface area (Å²) < 4.78 is 40.2. The van der Waals surface area contributed by atoms with Gasteiger partial charge in [-0.25, -0.2) is 9.97 Å². The predicted molar refractivity (Wildman–Crippen MR) is 140 cm³/mol. The van der Waals surface area contributed by atoms with Crippen molar-refractivity contribution in [3.05, 3.63) is 54.4 Å². The van der Waals surface area contributed by atoms with Gasteiger partial charge >= 0.3 is 6.18 Å². The third-order valence-electron chi connectivity index (χ3n) is 7.46. The van der Waals surface area contributed by atoms with E-state index in [1.54, 1.807) is 25.4 Å². The van der Waals surface area contributed by atoms with Gasteiger partial charge in [-0.15, -0.1) is 0 Å². The Morgan fingerprint density at radius 3 is 2.54 bits per heavy atom. The van der Waals surface area contributed by atoms with Crippen LogP contribution in [0.2, 0.25) is 0 Å². The van der Waals surface area contributed by atoms with Crippen molar-refractivity contribution in [1.29, 1.82) is 0 Å². The minimum atomic E-state index is -4.45. The number of aryl methyl sites for hydroxylation is 1. The maximum absolute atomic E-state index is 13.5. The molecular weight excluding hydrogens is 541 g/mol. The van der Waals surface area contributed by atoms with Crippen LogP contribution in [0.4, 0.5) is 19.0 Å². The first-order chi connectivity index (χ1) is 19.5. The average molecular weight is 567 g/mol. The van der Waals surface area contributed by atoms with Crippen molar-refractivity contribution in [1.82, 2.24) is 34.4 Å². The molecule has 41 heavy (non-hydrogen) atoms. The number of piperidine rings is 1. The molecule has 6 rings (SSSR count). The predicted octanol–water partition coefficient (Wildman–Crippen LogP) is 3.25. The molecule has 4 aromatic rings. The molecule has 14 heteroatoms. The van der Waals surface area contributed by atoms with Gasteiger partial charge in [-0.2, -0.15) is 23.4 Å². The number of hydrogen-bond donors (Lipinski definition) is 1. The van der Waals surface area contributed by atoms with Crippen LogP contribution in [0.25, 0.3) is 22.0 Å². The number of alkyl halides is 3. The lowest BCUT2D eigenvalue weighted by Gasteiger charge is -2.26. The molecule has 2 aliphatic rings. The number of carbonyl (C=O) groups excluding carboxylic acids is 3. The van der Waals surface area contributed by atoms with Crippen LogP contribution in [0, 0.1) is 18.8 Å². The number of Topliss-reactive ketones (excluding diaryl/α,β-unsaturated/α-hetero) is 1. The first-order valence-electron chi connectivity index (χ1n) is 13.0. The molecule has 0 bridgehead atoms. The summed E-state index contributed by atoms with van der Waals surface area (Å²) in [6.07, 6.45) is 0.853. The minimum absolute atomic E-state index is 0.0188. The summed E-state index contributed by atoms with van der Waals surface area (Å²) in [4.78, 5) is 49.0. The average Bonchev–Trinajstić information content (AvgIpc) is 3.20. The Morgan fingerprint density at radius 1 is 1.07 bits per heavy atom. The molecule has 11 nitrogen and oxygen atoms in total. The molecule has 1 saturated carbocycles. The first-order valence-corrected chi connectivity index (χ1v) is 13.0. The molecular formula is C27H25F3N8O3. The quantitative estimate of drug-likeness (QED) is 0.340. The number of halogens is 3. The molecule has 3 aromatic heterocycles. The Kier molecular flexibility index (Phi) is 6.35. The normalized spacial score (nSPS) is 19.8. The number of carbonyl (C=O) groups is 3. The Bertz CT molecular complexity index is 1680. The summed E-state index contributed by atoms with van der Waals surface area (Å²) in [6, 6.07) is 5.93. The zero-order chi connectivity index (χ0) is 29.1. The maximum atomic E-state index is 13.5. The van der Waals surface area contributed by atoms with Gasteiger partial charge < -0.3 is 10.2 Å². The van der Waals surface area contributed by atoms with Crippen LogP contribution >= 0.6 is 0 Å². The number of hydrogen-bond acceptors (Lipinski definition) is 7. The largest absolute Gasteiger partial charge is 0.408 e. The summed E-state index contributed by atoms with van der Waals surface area (Å²) in [5.41, 5.74) is 2.36. The number of rotatable bonds is 7. The molecule has 1 aliphatic carbocycles. The molecule has 0 spiro atoms. The van der Waals surface area contributed by atoms with E-state index in [0.717, 1.165) is 23.7 Å². The van der Waals surface area contributed by atoms with Crippen molar-refractivity contribution >= 4 is 34.3 Å². The summed E-state index contributed by atoms with van der Waals surface area (Å²) in [5, 5.41) is 11.3. The lowest BCUT2D eigenvalue weighted by Crippen LogP contribution is -2.47. The Balaban J connectivity index is 1.22. The van der Waals surface area contributed by atoms with Crippen molar-refractivity contribution in [3.8, 4) is 11.1 Å². The third-order valence-corrected chi connectivity index (χ3v) is 7.46. The molecule has 1 saturated heterocycles. The number of aromatic nitrogens is 6. The lowest BCUT2D eigenvalue weighted by molar-refractivity contribution is -0.142. The van der Waals surface area contributed by atoms with Gasteiger partial charge in [0.25, 0.3) is 0 Å². The Labute approximate surface area is 231 Å². The van der Waals surface area contributed by atoms with Crippen LogP contribution in [0.15, 0.2) is 42.9 Å². The maximum Gasteiger partial charge on any atom is 0.408 e. The number of nitrogens with one attached hydrogen (secondary N) is 1.